The van der Waals surface area contributed by atoms with Gasteiger partial charge in [0.1, 0.15) is 0 Å². The molecule has 0 saturated carbocycles. The fourth-order valence-electron chi connectivity index (χ4n) is 1.02. The molecule has 0 fully saturated rings. The van der Waals surface area contributed by atoms with Crippen LogP contribution in [0.2, 0.25) is 5.02 Å². The second-order valence-corrected chi connectivity index (χ2v) is 3.11. The Morgan fingerprint density at radius 3 is 2.77 bits per heavy atom. The zero-order valence-electron chi connectivity index (χ0n) is 7.25. The largest absolute Gasteiger partial charge is 0.366 e. The molecule has 3 heteroatoms. The van der Waals surface area contributed by atoms with Crippen molar-refractivity contribution < 1.29 is 4.79 Å². The Labute approximate surface area is 82.0 Å². The van der Waals surface area contributed by atoms with Crippen LogP contribution >= 0.6 is 11.6 Å². The Hall–Kier alpha value is -1.28. The van der Waals surface area contributed by atoms with Crippen LogP contribution in [0.4, 0.5) is 0 Å². The van der Waals surface area contributed by atoms with E-state index < -0.39 is 5.91 Å². The first-order valence-electron chi connectivity index (χ1n) is 3.84. The van der Waals surface area contributed by atoms with Gasteiger partial charge < -0.3 is 5.73 Å². The van der Waals surface area contributed by atoms with Crippen molar-refractivity contribution in [1.29, 1.82) is 0 Å². The lowest BCUT2D eigenvalue weighted by atomic mass is 10.1. The van der Waals surface area contributed by atoms with Gasteiger partial charge in [-0.15, -0.1) is 0 Å². The minimum atomic E-state index is -0.473. The lowest BCUT2D eigenvalue weighted by molar-refractivity contribution is -0.113. The summed E-state index contributed by atoms with van der Waals surface area (Å²) in [5.74, 6) is -0.473. The topological polar surface area (TPSA) is 43.1 Å². The van der Waals surface area contributed by atoms with Gasteiger partial charge in [-0.1, -0.05) is 23.7 Å². The second-order valence-electron chi connectivity index (χ2n) is 2.71. The van der Waals surface area contributed by atoms with Crippen LogP contribution in [0, 0.1) is 6.92 Å². The van der Waals surface area contributed by atoms with E-state index in [9.17, 15) is 4.79 Å². The molecule has 1 amide bonds. The maximum absolute atomic E-state index is 10.5. The molecule has 0 heterocycles. The van der Waals surface area contributed by atoms with Crippen molar-refractivity contribution in [2.45, 2.75) is 6.92 Å². The number of benzene rings is 1. The molecule has 0 aliphatic heterocycles. The summed E-state index contributed by atoms with van der Waals surface area (Å²) in [6.45, 7) is 1.92. The molecule has 0 atom stereocenters. The third-order valence-electron chi connectivity index (χ3n) is 1.69. The summed E-state index contributed by atoms with van der Waals surface area (Å²) >= 11 is 5.91. The van der Waals surface area contributed by atoms with Crippen LogP contribution in [0.15, 0.2) is 24.3 Å². The van der Waals surface area contributed by atoms with Crippen molar-refractivity contribution >= 4 is 23.6 Å². The highest BCUT2D eigenvalue weighted by atomic mass is 35.5. The van der Waals surface area contributed by atoms with Crippen LogP contribution in [0.5, 0.6) is 0 Å². The summed E-state index contributed by atoms with van der Waals surface area (Å²) in [5.41, 5.74) is 6.83. The molecule has 0 saturated heterocycles. The fourth-order valence-corrected chi connectivity index (χ4v) is 1.31. The van der Waals surface area contributed by atoms with Crippen LogP contribution in [0.25, 0.3) is 6.08 Å². The molecule has 0 aliphatic rings. The lowest BCUT2D eigenvalue weighted by Crippen LogP contribution is -2.05. The van der Waals surface area contributed by atoms with Crippen LogP contribution in [-0.2, 0) is 4.79 Å². The Bertz CT molecular complexity index is 338. The van der Waals surface area contributed by atoms with Crippen molar-refractivity contribution in [3.63, 3.8) is 0 Å². The fraction of sp³-hybridized carbons (Fsp3) is 0.100. The van der Waals surface area contributed by atoms with E-state index in [-0.39, 0.29) is 0 Å². The zero-order valence-corrected chi connectivity index (χ0v) is 8.01. The van der Waals surface area contributed by atoms with Gasteiger partial charge in [0.25, 0.3) is 0 Å². The van der Waals surface area contributed by atoms with Crippen molar-refractivity contribution in [3.05, 3.63) is 40.4 Å². The normalized spacial score (nSPS) is 10.6. The SMILES string of the molecule is Cc1cccc(Cl)c1/C=C/C(N)=O. The summed E-state index contributed by atoms with van der Waals surface area (Å²) in [7, 11) is 0. The van der Waals surface area contributed by atoms with Gasteiger partial charge in [-0.2, -0.15) is 0 Å². The maximum atomic E-state index is 10.5. The molecule has 1 aromatic rings. The highest BCUT2D eigenvalue weighted by Crippen LogP contribution is 2.20. The van der Waals surface area contributed by atoms with E-state index in [4.69, 9.17) is 17.3 Å². The van der Waals surface area contributed by atoms with Crippen molar-refractivity contribution in [1.82, 2.24) is 0 Å². The van der Waals surface area contributed by atoms with Gasteiger partial charge in [-0.3, -0.25) is 4.79 Å². The molecule has 68 valence electrons. The molecule has 1 rings (SSSR count). The summed E-state index contributed by atoms with van der Waals surface area (Å²) < 4.78 is 0. The van der Waals surface area contributed by atoms with Crippen LogP contribution in [-0.4, -0.2) is 5.91 Å². The van der Waals surface area contributed by atoms with E-state index in [0.29, 0.717) is 5.02 Å². The quantitative estimate of drug-likeness (QED) is 0.722. The van der Waals surface area contributed by atoms with E-state index in [1.54, 1.807) is 12.1 Å². The monoisotopic (exact) mass is 195 g/mol. The molecule has 1 aromatic carbocycles. The minimum Gasteiger partial charge on any atom is -0.366 e. The first-order valence-corrected chi connectivity index (χ1v) is 4.21. The zero-order chi connectivity index (χ0) is 9.84. The van der Waals surface area contributed by atoms with Gasteiger partial charge in [-0.25, -0.2) is 0 Å². The number of halogens is 1. The van der Waals surface area contributed by atoms with Crippen molar-refractivity contribution in [2.75, 3.05) is 0 Å². The van der Waals surface area contributed by atoms with Gasteiger partial charge in [0, 0.05) is 11.1 Å². The number of primary amides is 1. The molecule has 2 N–H and O–H groups in total. The molecule has 2 nitrogen and oxygen atoms in total. The molecular weight excluding hydrogens is 186 g/mol. The number of aryl methyl sites for hydroxylation is 1. The first kappa shape index (κ1) is 9.81. The van der Waals surface area contributed by atoms with Crippen molar-refractivity contribution in [2.24, 2.45) is 5.73 Å². The van der Waals surface area contributed by atoms with E-state index in [0.717, 1.165) is 11.1 Å². The maximum Gasteiger partial charge on any atom is 0.241 e. The third-order valence-corrected chi connectivity index (χ3v) is 2.01. The molecule has 0 aromatic heterocycles. The summed E-state index contributed by atoms with van der Waals surface area (Å²) in [5, 5.41) is 0.623. The summed E-state index contributed by atoms with van der Waals surface area (Å²) in [6, 6.07) is 5.56. The first-order chi connectivity index (χ1) is 6.11. The number of hydrogen-bond acceptors (Lipinski definition) is 1. The average Bonchev–Trinajstić information content (AvgIpc) is 2.03. The minimum absolute atomic E-state index is 0.473. The molecule has 0 radical (unpaired) electrons. The van der Waals surface area contributed by atoms with Gasteiger partial charge >= 0.3 is 0 Å². The molecule has 0 spiro atoms. The Balaban J connectivity index is 3.06. The van der Waals surface area contributed by atoms with E-state index in [1.165, 1.54) is 6.08 Å². The lowest BCUT2D eigenvalue weighted by Gasteiger charge is -2.01. The molecule has 0 unspecified atom stereocenters. The van der Waals surface area contributed by atoms with Gasteiger partial charge in [0.15, 0.2) is 0 Å². The number of amides is 1. The second kappa shape index (κ2) is 4.10. The standard InChI is InChI=1S/C10H10ClNO/c1-7-3-2-4-9(11)8(7)5-6-10(12)13/h2-6H,1H3,(H2,12,13)/b6-5+. The Morgan fingerprint density at radius 1 is 1.54 bits per heavy atom. The highest BCUT2D eigenvalue weighted by Gasteiger charge is 1.98. The molecule has 0 aliphatic carbocycles. The third kappa shape index (κ3) is 2.60. The van der Waals surface area contributed by atoms with Crippen molar-refractivity contribution in [3.8, 4) is 0 Å². The predicted octanol–water partition coefficient (Wildman–Crippen LogP) is 2.15. The van der Waals surface area contributed by atoms with Gasteiger partial charge in [0.05, 0.1) is 0 Å². The van der Waals surface area contributed by atoms with E-state index >= 15 is 0 Å². The predicted molar refractivity (Wildman–Crippen MR) is 54.4 cm³/mol. The Kier molecular flexibility index (Phi) is 3.09. The summed E-state index contributed by atoms with van der Waals surface area (Å²) in [6.07, 6.45) is 2.92. The Morgan fingerprint density at radius 2 is 2.23 bits per heavy atom. The van der Waals surface area contributed by atoms with E-state index in [1.807, 2.05) is 19.1 Å². The molecule has 0 bridgehead atoms. The summed E-state index contributed by atoms with van der Waals surface area (Å²) in [4.78, 5) is 10.5. The number of hydrogen-bond donors (Lipinski definition) is 1. The van der Waals surface area contributed by atoms with Crippen LogP contribution < -0.4 is 5.73 Å². The highest BCUT2D eigenvalue weighted by molar-refractivity contribution is 6.32. The van der Waals surface area contributed by atoms with E-state index in [2.05, 4.69) is 0 Å². The van der Waals surface area contributed by atoms with Crippen LogP contribution in [0.1, 0.15) is 11.1 Å². The molecular formula is C10H10ClNO. The average molecular weight is 196 g/mol. The van der Waals surface area contributed by atoms with Crippen LogP contribution in [0.3, 0.4) is 0 Å². The molecule has 13 heavy (non-hydrogen) atoms. The van der Waals surface area contributed by atoms with Gasteiger partial charge in [-0.05, 0) is 30.2 Å². The number of nitrogens with two attached hydrogens (primary N) is 1. The van der Waals surface area contributed by atoms with Gasteiger partial charge in [0.2, 0.25) is 5.91 Å². The smallest absolute Gasteiger partial charge is 0.241 e. The number of carbonyl (C=O) groups excluding carboxylic acids is 1. The number of carbonyl (C=O) groups is 1. The number of rotatable bonds is 2.